The first-order valence-corrected chi connectivity index (χ1v) is 10.4. The first kappa shape index (κ1) is 21.1. The Hall–Kier alpha value is -1.57. The first-order chi connectivity index (χ1) is 13.1. The summed E-state index contributed by atoms with van der Waals surface area (Å²) in [5, 5.41) is -4.40. The van der Waals surface area contributed by atoms with E-state index in [-0.39, 0.29) is 34.6 Å². The number of aromatic nitrogens is 1. The van der Waals surface area contributed by atoms with Gasteiger partial charge in [0.05, 0.1) is 29.3 Å². The second-order valence-corrected chi connectivity index (χ2v) is 8.52. The van der Waals surface area contributed by atoms with E-state index in [2.05, 4.69) is 4.98 Å². The molecule has 0 N–H and O–H groups in total. The number of nitrogens with zero attached hydrogens (tertiary/aromatic N) is 1. The van der Waals surface area contributed by atoms with E-state index in [4.69, 9.17) is 36.7 Å². The zero-order chi connectivity index (χ0) is 20.7. The smallest absolute Gasteiger partial charge is 0.365 e. The summed E-state index contributed by atoms with van der Waals surface area (Å²) in [6.07, 6.45) is 0. The Balaban J connectivity index is 2.45. The summed E-state index contributed by atoms with van der Waals surface area (Å²) >= 11 is 11.1. The van der Waals surface area contributed by atoms with Crippen LogP contribution in [0.3, 0.4) is 0 Å². The SMILES string of the molecule is CCOP(=O)(OCC)c1cc2c(=O)c3cc(Cl)ccc3oc2nc1C(F)(F)Cl. The summed E-state index contributed by atoms with van der Waals surface area (Å²) < 4.78 is 57.0. The lowest BCUT2D eigenvalue weighted by Gasteiger charge is -2.21. The largest absolute Gasteiger partial charge is 0.437 e. The average Bonchev–Trinajstić information content (AvgIpc) is 2.61. The van der Waals surface area contributed by atoms with Gasteiger partial charge in [0.2, 0.25) is 11.1 Å². The topological polar surface area (TPSA) is 78.6 Å². The van der Waals surface area contributed by atoms with Crippen LogP contribution in [0.4, 0.5) is 8.78 Å². The molecular weight excluding hydrogens is 438 g/mol. The molecule has 0 unspecified atom stereocenters. The fourth-order valence-electron chi connectivity index (χ4n) is 2.68. The molecule has 0 aliphatic carbocycles. The fraction of sp³-hybridized carbons (Fsp3) is 0.294. The van der Waals surface area contributed by atoms with Crippen LogP contribution in [-0.2, 0) is 19.0 Å². The van der Waals surface area contributed by atoms with Crippen LogP contribution in [0, 0.1) is 0 Å². The highest BCUT2D eigenvalue weighted by Gasteiger charge is 2.42. The van der Waals surface area contributed by atoms with E-state index in [1.165, 1.54) is 32.0 Å². The van der Waals surface area contributed by atoms with Gasteiger partial charge in [-0.25, -0.2) is 4.98 Å². The van der Waals surface area contributed by atoms with Crippen LogP contribution in [-0.4, -0.2) is 18.2 Å². The number of halogens is 4. The molecule has 0 atom stereocenters. The molecule has 0 radical (unpaired) electrons. The standard InChI is InChI=1S/C17H14Cl2F2NO5P/c1-3-25-28(24,26-4-2)13-8-11-14(23)10-7-9(18)5-6-12(10)27-16(11)22-15(13)17(19,20)21/h5-8H,3-4H2,1-2H3. The molecule has 150 valence electrons. The molecule has 0 aliphatic rings. The summed E-state index contributed by atoms with van der Waals surface area (Å²) in [6, 6.07) is 5.23. The van der Waals surface area contributed by atoms with E-state index in [1.807, 2.05) is 0 Å². The van der Waals surface area contributed by atoms with Crippen molar-refractivity contribution in [3.05, 3.63) is 45.2 Å². The van der Waals surface area contributed by atoms with Crippen LogP contribution in [0.1, 0.15) is 19.5 Å². The van der Waals surface area contributed by atoms with E-state index in [9.17, 15) is 18.1 Å². The summed E-state index contributed by atoms with van der Waals surface area (Å²) in [5.74, 6) is 0. The van der Waals surface area contributed by atoms with Crippen molar-refractivity contribution >= 4 is 58.2 Å². The van der Waals surface area contributed by atoms with Gasteiger partial charge in [0.1, 0.15) is 11.3 Å². The van der Waals surface area contributed by atoms with Gasteiger partial charge in [-0.05, 0) is 49.7 Å². The molecule has 2 aromatic heterocycles. The minimum Gasteiger partial charge on any atom is -0.437 e. The molecular formula is C17H14Cl2F2NO5P. The van der Waals surface area contributed by atoms with Crippen molar-refractivity contribution < 1.29 is 26.8 Å². The maximum Gasteiger partial charge on any atom is 0.365 e. The normalized spacial score (nSPS) is 12.8. The highest BCUT2D eigenvalue weighted by atomic mass is 35.5. The summed E-state index contributed by atoms with van der Waals surface area (Å²) in [7, 11) is -4.23. The number of rotatable bonds is 6. The highest BCUT2D eigenvalue weighted by Crippen LogP contribution is 2.50. The lowest BCUT2D eigenvalue weighted by Crippen LogP contribution is -2.25. The summed E-state index contributed by atoms with van der Waals surface area (Å²) in [5.41, 5.74) is -1.94. The molecule has 28 heavy (non-hydrogen) atoms. The van der Waals surface area contributed by atoms with E-state index in [1.54, 1.807) is 0 Å². The van der Waals surface area contributed by atoms with Gasteiger partial charge in [0.15, 0.2) is 0 Å². The second-order valence-electron chi connectivity index (χ2n) is 5.61. The number of hydrogen-bond donors (Lipinski definition) is 0. The first-order valence-electron chi connectivity index (χ1n) is 8.14. The molecule has 6 nitrogen and oxygen atoms in total. The van der Waals surface area contributed by atoms with Crippen LogP contribution in [0.15, 0.2) is 33.5 Å². The van der Waals surface area contributed by atoms with Crippen molar-refractivity contribution in [2.24, 2.45) is 0 Å². The van der Waals surface area contributed by atoms with Crippen molar-refractivity contribution in [3.8, 4) is 0 Å². The molecule has 2 heterocycles. The van der Waals surface area contributed by atoms with Crippen LogP contribution < -0.4 is 10.7 Å². The second kappa shape index (κ2) is 7.69. The van der Waals surface area contributed by atoms with Crippen molar-refractivity contribution in [1.82, 2.24) is 4.98 Å². The molecule has 0 saturated heterocycles. The van der Waals surface area contributed by atoms with E-state index >= 15 is 0 Å². The number of benzene rings is 1. The Kier molecular flexibility index (Phi) is 5.81. The molecule has 0 saturated carbocycles. The summed E-state index contributed by atoms with van der Waals surface area (Å²) in [4.78, 5) is 16.5. The van der Waals surface area contributed by atoms with Crippen LogP contribution >= 0.6 is 30.8 Å². The van der Waals surface area contributed by atoms with Gasteiger partial charge in [-0.3, -0.25) is 9.36 Å². The highest BCUT2D eigenvalue weighted by molar-refractivity contribution is 7.62. The lowest BCUT2D eigenvalue weighted by molar-refractivity contribution is 0.0907. The summed E-state index contributed by atoms with van der Waals surface area (Å²) in [6.45, 7) is 2.85. The number of hydrogen-bond acceptors (Lipinski definition) is 6. The fourth-order valence-corrected chi connectivity index (χ4v) is 4.83. The molecule has 0 spiro atoms. The number of pyridine rings is 1. The van der Waals surface area contributed by atoms with Crippen LogP contribution in [0.2, 0.25) is 5.02 Å². The lowest BCUT2D eigenvalue weighted by atomic mass is 10.2. The molecule has 0 amide bonds. The Morgan fingerprint density at radius 1 is 1.18 bits per heavy atom. The quantitative estimate of drug-likeness (QED) is 0.292. The van der Waals surface area contributed by atoms with E-state index < -0.39 is 35.1 Å². The maximum absolute atomic E-state index is 14.1. The minimum atomic E-state index is -4.23. The zero-order valence-corrected chi connectivity index (χ0v) is 17.1. The Morgan fingerprint density at radius 3 is 2.39 bits per heavy atom. The van der Waals surface area contributed by atoms with E-state index in [0.717, 1.165) is 6.07 Å². The van der Waals surface area contributed by atoms with Crippen molar-refractivity contribution in [3.63, 3.8) is 0 Å². The molecule has 0 aliphatic heterocycles. The third kappa shape index (κ3) is 3.80. The maximum atomic E-state index is 14.1. The van der Waals surface area contributed by atoms with Gasteiger partial charge >= 0.3 is 13.0 Å². The molecule has 3 rings (SSSR count). The van der Waals surface area contributed by atoms with Crippen LogP contribution in [0.25, 0.3) is 22.1 Å². The molecule has 0 fully saturated rings. The van der Waals surface area contributed by atoms with Gasteiger partial charge < -0.3 is 13.5 Å². The van der Waals surface area contributed by atoms with Crippen molar-refractivity contribution in [2.75, 3.05) is 13.2 Å². The number of fused-ring (bicyclic) bond motifs is 2. The van der Waals surface area contributed by atoms with Gasteiger partial charge in [0.25, 0.3) is 0 Å². The zero-order valence-electron chi connectivity index (χ0n) is 14.7. The Morgan fingerprint density at radius 2 is 1.82 bits per heavy atom. The molecule has 1 aromatic carbocycles. The minimum absolute atomic E-state index is 0.0927. The predicted octanol–water partition coefficient (Wildman–Crippen LogP) is 5.17. The van der Waals surface area contributed by atoms with Crippen LogP contribution in [0.5, 0.6) is 0 Å². The van der Waals surface area contributed by atoms with Gasteiger partial charge in [-0.2, -0.15) is 8.78 Å². The monoisotopic (exact) mass is 451 g/mol. The molecule has 11 heteroatoms. The predicted molar refractivity (Wildman–Crippen MR) is 103 cm³/mol. The third-order valence-electron chi connectivity index (χ3n) is 3.77. The van der Waals surface area contributed by atoms with Gasteiger partial charge in [-0.1, -0.05) is 11.6 Å². The Labute approximate surface area is 167 Å². The molecule has 0 bridgehead atoms. The van der Waals surface area contributed by atoms with Gasteiger partial charge in [-0.15, -0.1) is 0 Å². The van der Waals surface area contributed by atoms with Crippen molar-refractivity contribution in [1.29, 1.82) is 0 Å². The van der Waals surface area contributed by atoms with Crippen molar-refractivity contribution in [2.45, 2.75) is 19.2 Å². The van der Waals surface area contributed by atoms with E-state index in [0.29, 0.717) is 0 Å². The number of alkyl halides is 3. The average molecular weight is 452 g/mol. The van der Waals surface area contributed by atoms with Gasteiger partial charge in [0, 0.05) is 5.02 Å². The third-order valence-corrected chi connectivity index (χ3v) is 6.31. The Bertz CT molecular complexity index is 1150. The molecule has 3 aromatic rings.